The van der Waals surface area contributed by atoms with Gasteiger partial charge in [-0.15, -0.1) is 0 Å². The van der Waals surface area contributed by atoms with E-state index in [1.165, 1.54) is 12.1 Å². The molecule has 5 heteroatoms. The summed E-state index contributed by atoms with van der Waals surface area (Å²) in [6, 6.07) is 11.7. The maximum atomic E-state index is 13.2. The van der Waals surface area contributed by atoms with E-state index in [0.29, 0.717) is 29.2 Å². The van der Waals surface area contributed by atoms with Crippen molar-refractivity contribution in [3.8, 4) is 5.75 Å². The van der Waals surface area contributed by atoms with Gasteiger partial charge in [-0.25, -0.2) is 4.39 Å². The first-order chi connectivity index (χ1) is 10.7. The molecule has 0 radical (unpaired) electrons. The third kappa shape index (κ3) is 2.89. The summed E-state index contributed by atoms with van der Waals surface area (Å²) in [6.45, 7) is 0.371. The summed E-state index contributed by atoms with van der Waals surface area (Å²) < 4.78 is 24.0. The fraction of sp³-hybridized carbons (Fsp3) is 0.176. The summed E-state index contributed by atoms with van der Waals surface area (Å²) in [7, 11) is 1.56. The topological polar surface area (TPSA) is 54.6 Å². The molecule has 2 aromatic carbocycles. The van der Waals surface area contributed by atoms with Crippen LogP contribution in [0.2, 0.25) is 0 Å². The standard InChI is InChI=1S/C17H16FNO3/c1-21-16-5-3-14(7-12(16)10-20)19-9-15-8-11-6-13(18)2-4-17(11)22-15/h2-8,19-20H,9-10H2,1H3. The van der Waals surface area contributed by atoms with Gasteiger partial charge in [-0.3, -0.25) is 0 Å². The molecule has 22 heavy (non-hydrogen) atoms. The average Bonchev–Trinajstić information content (AvgIpc) is 2.94. The van der Waals surface area contributed by atoms with Gasteiger partial charge in [0.05, 0.1) is 20.3 Å². The molecule has 0 saturated carbocycles. The molecule has 0 aliphatic carbocycles. The Bertz CT molecular complexity index is 798. The molecule has 0 saturated heterocycles. The summed E-state index contributed by atoms with van der Waals surface area (Å²) in [5.74, 6) is 1.07. The number of benzene rings is 2. The summed E-state index contributed by atoms with van der Waals surface area (Å²) in [5.41, 5.74) is 2.21. The third-order valence-corrected chi connectivity index (χ3v) is 3.45. The monoisotopic (exact) mass is 301 g/mol. The highest BCUT2D eigenvalue weighted by molar-refractivity contribution is 5.77. The largest absolute Gasteiger partial charge is 0.496 e. The third-order valence-electron chi connectivity index (χ3n) is 3.45. The Morgan fingerprint density at radius 1 is 1.18 bits per heavy atom. The van der Waals surface area contributed by atoms with Crippen LogP contribution in [0.5, 0.6) is 5.75 Å². The minimum Gasteiger partial charge on any atom is -0.496 e. The smallest absolute Gasteiger partial charge is 0.134 e. The molecular formula is C17H16FNO3. The Kier molecular flexibility index (Phi) is 3.98. The van der Waals surface area contributed by atoms with E-state index >= 15 is 0 Å². The average molecular weight is 301 g/mol. The predicted molar refractivity (Wildman–Crippen MR) is 82.4 cm³/mol. The van der Waals surface area contributed by atoms with Crippen molar-refractivity contribution < 1.29 is 18.7 Å². The van der Waals surface area contributed by atoms with Crippen molar-refractivity contribution >= 4 is 16.7 Å². The van der Waals surface area contributed by atoms with E-state index in [-0.39, 0.29) is 12.4 Å². The van der Waals surface area contributed by atoms with Gasteiger partial charge in [0, 0.05) is 16.6 Å². The molecule has 0 aliphatic rings. The Hall–Kier alpha value is -2.53. The van der Waals surface area contributed by atoms with Gasteiger partial charge in [-0.05, 0) is 42.5 Å². The van der Waals surface area contributed by atoms with E-state index in [0.717, 1.165) is 11.1 Å². The number of aliphatic hydroxyl groups is 1. The van der Waals surface area contributed by atoms with Crippen LogP contribution in [0.1, 0.15) is 11.3 Å². The zero-order valence-electron chi connectivity index (χ0n) is 12.1. The number of halogens is 1. The summed E-state index contributed by atoms with van der Waals surface area (Å²) in [6.07, 6.45) is 0. The summed E-state index contributed by atoms with van der Waals surface area (Å²) in [4.78, 5) is 0. The van der Waals surface area contributed by atoms with Gasteiger partial charge in [0.1, 0.15) is 22.9 Å². The number of fused-ring (bicyclic) bond motifs is 1. The van der Waals surface area contributed by atoms with Crippen LogP contribution in [0.25, 0.3) is 11.0 Å². The van der Waals surface area contributed by atoms with Gasteiger partial charge in [0.25, 0.3) is 0 Å². The van der Waals surface area contributed by atoms with Crippen molar-refractivity contribution in [1.29, 1.82) is 0 Å². The first-order valence-corrected chi connectivity index (χ1v) is 6.89. The number of rotatable bonds is 5. The molecule has 114 valence electrons. The van der Waals surface area contributed by atoms with Gasteiger partial charge in [-0.1, -0.05) is 0 Å². The number of hydrogen-bond donors (Lipinski definition) is 2. The Balaban J connectivity index is 1.76. The van der Waals surface area contributed by atoms with Crippen LogP contribution in [0, 0.1) is 5.82 Å². The normalized spacial score (nSPS) is 10.9. The minimum atomic E-state index is -0.282. The lowest BCUT2D eigenvalue weighted by molar-refractivity contribution is 0.274. The molecule has 0 amide bonds. The zero-order valence-corrected chi connectivity index (χ0v) is 12.1. The number of nitrogens with one attached hydrogen (secondary N) is 1. The summed E-state index contributed by atoms with van der Waals surface area (Å²) >= 11 is 0. The Morgan fingerprint density at radius 3 is 2.82 bits per heavy atom. The van der Waals surface area contributed by atoms with E-state index < -0.39 is 0 Å². The molecule has 4 nitrogen and oxygen atoms in total. The van der Waals surface area contributed by atoms with E-state index in [4.69, 9.17) is 9.15 Å². The maximum Gasteiger partial charge on any atom is 0.134 e. The van der Waals surface area contributed by atoms with Gasteiger partial charge in [0.2, 0.25) is 0 Å². The van der Waals surface area contributed by atoms with Gasteiger partial charge in [-0.2, -0.15) is 0 Å². The highest BCUT2D eigenvalue weighted by Gasteiger charge is 2.06. The van der Waals surface area contributed by atoms with Crippen LogP contribution >= 0.6 is 0 Å². The molecule has 2 N–H and O–H groups in total. The molecule has 0 unspecified atom stereocenters. The Labute approximate surface area is 127 Å². The number of aliphatic hydroxyl groups excluding tert-OH is 1. The van der Waals surface area contributed by atoms with Crippen LogP contribution in [0.3, 0.4) is 0 Å². The molecular weight excluding hydrogens is 285 g/mol. The van der Waals surface area contributed by atoms with Crippen LogP contribution in [0.4, 0.5) is 10.1 Å². The molecule has 3 aromatic rings. The molecule has 0 spiro atoms. The van der Waals surface area contributed by atoms with Crippen molar-refractivity contribution in [2.75, 3.05) is 12.4 Å². The van der Waals surface area contributed by atoms with Crippen molar-refractivity contribution in [2.45, 2.75) is 13.2 Å². The highest BCUT2D eigenvalue weighted by Crippen LogP contribution is 2.24. The number of furan rings is 1. The fourth-order valence-corrected chi connectivity index (χ4v) is 2.36. The fourth-order valence-electron chi connectivity index (χ4n) is 2.36. The van der Waals surface area contributed by atoms with Crippen molar-refractivity contribution in [3.63, 3.8) is 0 Å². The number of ether oxygens (including phenoxy) is 1. The molecule has 3 rings (SSSR count). The van der Waals surface area contributed by atoms with Crippen LogP contribution in [-0.4, -0.2) is 12.2 Å². The first kappa shape index (κ1) is 14.4. The minimum absolute atomic E-state index is 0.0946. The molecule has 0 atom stereocenters. The number of hydrogen-bond acceptors (Lipinski definition) is 4. The first-order valence-electron chi connectivity index (χ1n) is 6.89. The zero-order chi connectivity index (χ0) is 15.5. The predicted octanol–water partition coefficient (Wildman–Crippen LogP) is 3.68. The SMILES string of the molecule is COc1ccc(NCc2cc3cc(F)ccc3o2)cc1CO. The van der Waals surface area contributed by atoms with E-state index in [1.807, 2.05) is 18.2 Å². The van der Waals surface area contributed by atoms with Crippen LogP contribution < -0.4 is 10.1 Å². The molecule has 0 bridgehead atoms. The molecule has 1 aromatic heterocycles. The number of methoxy groups -OCH3 is 1. The van der Waals surface area contributed by atoms with Crippen molar-refractivity contribution in [2.24, 2.45) is 0 Å². The quantitative estimate of drug-likeness (QED) is 0.754. The highest BCUT2D eigenvalue weighted by atomic mass is 19.1. The second kappa shape index (κ2) is 6.07. The van der Waals surface area contributed by atoms with E-state index in [2.05, 4.69) is 5.32 Å². The molecule has 0 aliphatic heterocycles. The lowest BCUT2D eigenvalue weighted by Gasteiger charge is -2.10. The maximum absolute atomic E-state index is 13.2. The molecule has 1 heterocycles. The van der Waals surface area contributed by atoms with Crippen molar-refractivity contribution in [1.82, 2.24) is 0 Å². The van der Waals surface area contributed by atoms with Crippen LogP contribution in [0.15, 0.2) is 46.9 Å². The van der Waals surface area contributed by atoms with E-state index in [9.17, 15) is 9.50 Å². The Morgan fingerprint density at radius 2 is 2.05 bits per heavy atom. The second-order valence-corrected chi connectivity index (χ2v) is 4.93. The van der Waals surface area contributed by atoms with Gasteiger partial charge in [0.15, 0.2) is 0 Å². The summed E-state index contributed by atoms with van der Waals surface area (Å²) in [5, 5.41) is 13.3. The van der Waals surface area contributed by atoms with Gasteiger partial charge < -0.3 is 19.6 Å². The number of anilines is 1. The second-order valence-electron chi connectivity index (χ2n) is 4.93. The van der Waals surface area contributed by atoms with E-state index in [1.54, 1.807) is 19.2 Å². The van der Waals surface area contributed by atoms with Gasteiger partial charge >= 0.3 is 0 Å². The van der Waals surface area contributed by atoms with Crippen LogP contribution in [-0.2, 0) is 13.2 Å². The molecule has 0 fully saturated rings. The lowest BCUT2D eigenvalue weighted by Crippen LogP contribution is -2.00. The lowest BCUT2D eigenvalue weighted by atomic mass is 10.2. The van der Waals surface area contributed by atoms with Crippen molar-refractivity contribution in [3.05, 3.63) is 59.6 Å².